The van der Waals surface area contributed by atoms with E-state index in [1.165, 1.54) is 25.7 Å². The van der Waals surface area contributed by atoms with Crippen molar-refractivity contribution >= 4 is 23.5 Å². The first-order valence-electron chi connectivity index (χ1n) is 9.88. The van der Waals surface area contributed by atoms with Gasteiger partial charge in [0.05, 0.1) is 5.69 Å². The number of carbonyl (C=O) groups is 1. The molecule has 0 unspecified atom stereocenters. The van der Waals surface area contributed by atoms with Gasteiger partial charge in [0.25, 0.3) is 5.90 Å². The second-order valence-corrected chi connectivity index (χ2v) is 7.78. The molecule has 2 aromatic rings. The van der Waals surface area contributed by atoms with Crippen molar-refractivity contribution in [2.75, 3.05) is 17.6 Å². The molecule has 3 rings (SSSR count). The lowest BCUT2D eigenvalue weighted by Crippen LogP contribution is -2.23. The first-order valence-corrected chi connectivity index (χ1v) is 9.88. The standard InChI is InChI=1S/C21H28N6O2/c1-12-6-8-14(9-7-12)11-25-17-16(15-5-3-4-13(2)10-15)26-20(27-18(17)22)19(23)29-21(24)28/h3-5,10,12,14,23,25H,6-9,11H2,1-2H3,(H2,24,28)(H2,22,26,27). The van der Waals surface area contributed by atoms with E-state index in [0.717, 1.165) is 23.6 Å². The number of hydrogen-bond donors (Lipinski definition) is 4. The molecule has 0 aliphatic heterocycles. The van der Waals surface area contributed by atoms with E-state index in [1.807, 2.05) is 31.2 Å². The van der Waals surface area contributed by atoms with Crippen LogP contribution >= 0.6 is 0 Å². The van der Waals surface area contributed by atoms with E-state index in [2.05, 4.69) is 26.9 Å². The molecule has 8 nitrogen and oxygen atoms in total. The van der Waals surface area contributed by atoms with Crippen molar-refractivity contribution in [1.82, 2.24) is 9.97 Å². The van der Waals surface area contributed by atoms with Crippen LogP contribution in [0.15, 0.2) is 24.3 Å². The molecule has 1 amide bonds. The summed E-state index contributed by atoms with van der Waals surface area (Å²) >= 11 is 0. The van der Waals surface area contributed by atoms with E-state index in [4.69, 9.17) is 16.9 Å². The Morgan fingerprint density at radius 1 is 1.28 bits per heavy atom. The molecule has 1 heterocycles. The predicted octanol–water partition coefficient (Wildman–Crippen LogP) is 3.69. The third kappa shape index (κ3) is 5.22. The van der Waals surface area contributed by atoms with Crippen LogP contribution in [0.1, 0.15) is 44.0 Å². The number of nitrogens with zero attached hydrogens (tertiary/aromatic N) is 2. The minimum Gasteiger partial charge on any atom is -0.388 e. The number of rotatable bonds is 5. The Hall–Kier alpha value is -3.16. The van der Waals surface area contributed by atoms with Crippen LogP contribution in [0.2, 0.25) is 0 Å². The van der Waals surface area contributed by atoms with Crippen molar-refractivity contribution < 1.29 is 9.53 Å². The van der Waals surface area contributed by atoms with Crippen LogP contribution in [-0.4, -0.2) is 28.5 Å². The number of carbonyl (C=O) groups excluding carboxylic acids is 1. The maximum Gasteiger partial charge on any atom is 0.411 e. The summed E-state index contributed by atoms with van der Waals surface area (Å²) in [6.45, 7) is 5.07. The van der Waals surface area contributed by atoms with Gasteiger partial charge in [-0.1, -0.05) is 43.5 Å². The molecule has 0 atom stereocenters. The summed E-state index contributed by atoms with van der Waals surface area (Å²) in [5, 5.41) is 11.3. The number of hydrogen-bond acceptors (Lipinski definition) is 7. The van der Waals surface area contributed by atoms with Crippen LogP contribution in [0.25, 0.3) is 11.3 Å². The average molecular weight is 396 g/mol. The van der Waals surface area contributed by atoms with E-state index in [-0.39, 0.29) is 11.6 Å². The number of anilines is 2. The number of aryl methyl sites for hydroxylation is 1. The van der Waals surface area contributed by atoms with Gasteiger partial charge in [-0.3, -0.25) is 5.41 Å². The van der Waals surface area contributed by atoms with E-state index < -0.39 is 12.0 Å². The van der Waals surface area contributed by atoms with Gasteiger partial charge in [-0.2, -0.15) is 0 Å². The number of nitrogens with two attached hydrogens (primary N) is 2. The lowest BCUT2D eigenvalue weighted by molar-refractivity contribution is 0.207. The number of ether oxygens (including phenoxy) is 1. The Morgan fingerprint density at radius 2 is 2.00 bits per heavy atom. The summed E-state index contributed by atoms with van der Waals surface area (Å²) in [5.41, 5.74) is 14.3. The SMILES string of the molecule is Cc1cccc(-c2nc(C(=N)OC(N)=O)nc(N)c2NCC2CCC(C)CC2)c1. The Bertz CT molecular complexity index is 906. The molecule has 1 fully saturated rings. The molecule has 0 radical (unpaired) electrons. The third-order valence-electron chi connectivity index (χ3n) is 5.34. The zero-order chi connectivity index (χ0) is 21.0. The van der Waals surface area contributed by atoms with Crippen LogP contribution in [0.4, 0.5) is 16.3 Å². The fourth-order valence-electron chi connectivity index (χ4n) is 3.68. The lowest BCUT2D eigenvalue weighted by Gasteiger charge is -2.27. The van der Waals surface area contributed by atoms with E-state index >= 15 is 0 Å². The molecule has 1 aliphatic carbocycles. The summed E-state index contributed by atoms with van der Waals surface area (Å²) in [6.07, 6.45) is 3.75. The maximum atomic E-state index is 11.0. The molecule has 0 spiro atoms. The average Bonchev–Trinajstić information content (AvgIpc) is 2.67. The number of nitrogen functional groups attached to an aromatic ring is 1. The van der Waals surface area contributed by atoms with E-state index in [9.17, 15) is 4.79 Å². The molecule has 0 bridgehead atoms. The highest BCUT2D eigenvalue weighted by Gasteiger charge is 2.22. The monoisotopic (exact) mass is 396 g/mol. The highest BCUT2D eigenvalue weighted by atomic mass is 16.6. The Labute approximate surface area is 170 Å². The summed E-state index contributed by atoms with van der Waals surface area (Å²) in [7, 11) is 0. The Balaban J connectivity index is 1.93. The number of amides is 1. The van der Waals surface area contributed by atoms with Crippen molar-refractivity contribution in [3.05, 3.63) is 35.7 Å². The molecule has 8 heteroatoms. The van der Waals surface area contributed by atoms with E-state index in [1.54, 1.807) is 0 Å². The molecule has 154 valence electrons. The van der Waals surface area contributed by atoms with Gasteiger partial charge in [0.1, 0.15) is 5.69 Å². The first-order chi connectivity index (χ1) is 13.8. The molecular weight excluding hydrogens is 368 g/mol. The molecule has 29 heavy (non-hydrogen) atoms. The molecule has 1 aliphatic rings. The summed E-state index contributed by atoms with van der Waals surface area (Å²) in [5.74, 6) is 0.944. The summed E-state index contributed by atoms with van der Waals surface area (Å²) in [6, 6.07) is 7.83. The highest BCUT2D eigenvalue weighted by molar-refractivity contribution is 5.96. The molecule has 1 saturated carbocycles. The zero-order valence-electron chi connectivity index (χ0n) is 16.9. The normalized spacial score (nSPS) is 18.8. The van der Waals surface area contributed by atoms with Crippen LogP contribution in [-0.2, 0) is 4.74 Å². The van der Waals surface area contributed by atoms with Gasteiger partial charge in [0.2, 0.25) is 5.82 Å². The van der Waals surface area contributed by atoms with Crippen LogP contribution in [0.3, 0.4) is 0 Å². The first kappa shape index (κ1) is 20.6. The van der Waals surface area contributed by atoms with Crippen molar-refractivity contribution in [2.24, 2.45) is 17.6 Å². The molecule has 6 N–H and O–H groups in total. The Morgan fingerprint density at radius 3 is 2.66 bits per heavy atom. The van der Waals surface area contributed by atoms with Gasteiger partial charge >= 0.3 is 6.09 Å². The van der Waals surface area contributed by atoms with Gasteiger partial charge < -0.3 is 21.5 Å². The smallest absolute Gasteiger partial charge is 0.388 e. The lowest BCUT2D eigenvalue weighted by atomic mass is 9.83. The quantitative estimate of drug-likeness (QED) is 0.449. The third-order valence-corrected chi connectivity index (χ3v) is 5.34. The van der Waals surface area contributed by atoms with Crippen LogP contribution < -0.4 is 16.8 Å². The molecular formula is C21H28N6O2. The zero-order valence-corrected chi connectivity index (χ0v) is 16.9. The fourth-order valence-corrected chi connectivity index (χ4v) is 3.68. The van der Waals surface area contributed by atoms with E-state index in [0.29, 0.717) is 17.3 Å². The topological polar surface area (TPSA) is 140 Å². The second-order valence-electron chi connectivity index (χ2n) is 7.78. The number of aromatic nitrogens is 2. The number of primary amides is 1. The molecule has 0 saturated heterocycles. The van der Waals surface area contributed by atoms with Gasteiger partial charge in [0.15, 0.2) is 5.82 Å². The summed E-state index contributed by atoms with van der Waals surface area (Å²) < 4.78 is 4.63. The Kier molecular flexibility index (Phi) is 6.31. The van der Waals surface area contributed by atoms with Gasteiger partial charge in [0, 0.05) is 12.1 Å². The summed E-state index contributed by atoms with van der Waals surface area (Å²) in [4.78, 5) is 19.6. The molecule has 1 aromatic heterocycles. The minimum atomic E-state index is -1.09. The van der Waals surface area contributed by atoms with Crippen molar-refractivity contribution in [1.29, 1.82) is 5.41 Å². The van der Waals surface area contributed by atoms with Crippen molar-refractivity contribution in [3.63, 3.8) is 0 Å². The van der Waals surface area contributed by atoms with Crippen LogP contribution in [0.5, 0.6) is 0 Å². The predicted molar refractivity (Wildman–Crippen MR) is 114 cm³/mol. The maximum absolute atomic E-state index is 11.0. The fraction of sp³-hybridized carbons (Fsp3) is 0.429. The van der Waals surface area contributed by atoms with Crippen molar-refractivity contribution in [3.8, 4) is 11.3 Å². The van der Waals surface area contributed by atoms with Crippen molar-refractivity contribution in [2.45, 2.75) is 39.5 Å². The van der Waals surface area contributed by atoms with Gasteiger partial charge in [-0.15, -0.1) is 0 Å². The largest absolute Gasteiger partial charge is 0.411 e. The minimum absolute atomic E-state index is 0.0881. The van der Waals surface area contributed by atoms with Gasteiger partial charge in [-0.25, -0.2) is 14.8 Å². The second kappa shape index (κ2) is 8.89. The number of nitrogens with one attached hydrogen (secondary N) is 2. The number of benzene rings is 1. The van der Waals surface area contributed by atoms with Gasteiger partial charge in [-0.05, 0) is 37.7 Å². The van der Waals surface area contributed by atoms with Crippen LogP contribution in [0, 0.1) is 24.2 Å². The molecule has 1 aromatic carbocycles. The highest BCUT2D eigenvalue weighted by Crippen LogP contribution is 2.33.